The highest BCUT2D eigenvalue weighted by Crippen LogP contribution is 2.16. The molecule has 2 heterocycles. The molecule has 4 nitrogen and oxygen atoms in total. The molecule has 1 unspecified atom stereocenters. The van der Waals surface area contributed by atoms with Crippen molar-refractivity contribution in [1.82, 2.24) is 20.1 Å². The van der Waals surface area contributed by atoms with Crippen molar-refractivity contribution < 1.29 is 0 Å². The van der Waals surface area contributed by atoms with Gasteiger partial charge in [-0.05, 0) is 31.7 Å². The van der Waals surface area contributed by atoms with Gasteiger partial charge in [0.25, 0.3) is 0 Å². The van der Waals surface area contributed by atoms with Gasteiger partial charge in [0.1, 0.15) is 0 Å². The van der Waals surface area contributed by atoms with Crippen LogP contribution in [-0.2, 0) is 13.5 Å². The van der Waals surface area contributed by atoms with E-state index in [9.17, 15) is 0 Å². The highest BCUT2D eigenvalue weighted by atomic mass is 15.2. The normalized spacial score (nSPS) is 12.6. The summed E-state index contributed by atoms with van der Waals surface area (Å²) in [6.07, 6.45) is 4.77. The Morgan fingerprint density at radius 3 is 2.71 bits per heavy atom. The van der Waals surface area contributed by atoms with E-state index in [1.165, 1.54) is 5.56 Å². The molecule has 0 aliphatic heterocycles. The second-order valence-corrected chi connectivity index (χ2v) is 4.26. The smallest absolute Gasteiger partial charge is 0.0643 e. The first-order valence-electron chi connectivity index (χ1n) is 5.77. The number of hydrogen-bond acceptors (Lipinski definition) is 3. The Hall–Kier alpha value is -1.68. The molecule has 1 N–H and O–H groups in total. The van der Waals surface area contributed by atoms with Gasteiger partial charge in [0.05, 0.1) is 5.69 Å². The molecule has 0 saturated carbocycles. The third-order valence-corrected chi connectivity index (χ3v) is 2.87. The van der Waals surface area contributed by atoms with Gasteiger partial charge in [0.2, 0.25) is 0 Å². The lowest BCUT2D eigenvalue weighted by molar-refractivity contribution is 0.575. The van der Waals surface area contributed by atoms with Gasteiger partial charge in [0, 0.05) is 37.6 Å². The van der Waals surface area contributed by atoms with E-state index in [0.717, 1.165) is 17.8 Å². The lowest BCUT2D eigenvalue weighted by atomic mass is 10.0. The molecule has 0 spiro atoms. The van der Waals surface area contributed by atoms with Crippen molar-refractivity contribution in [3.63, 3.8) is 0 Å². The van der Waals surface area contributed by atoms with E-state index in [1.54, 1.807) is 0 Å². The lowest BCUT2D eigenvalue weighted by Gasteiger charge is -2.15. The summed E-state index contributed by atoms with van der Waals surface area (Å²) >= 11 is 0. The van der Waals surface area contributed by atoms with Crippen LogP contribution in [0.25, 0.3) is 0 Å². The number of pyridine rings is 1. The number of hydrogen-bond donors (Lipinski definition) is 1. The molecule has 0 fully saturated rings. The summed E-state index contributed by atoms with van der Waals surface area (Å²) in [5, 5.41) is 7.70. The lowest BCUT2D eigenvalue weighted by Crippen LogP contribution is -2.19. The van der Waals surface area contributed by atoms with Crippen LogP contribution in [0.4, 0.5) is 0 Å². The Labute approximate surface area is 102 Å². The molecule has 2 aromatic heterocycles. The maximum absolute atomic E-state index is 4.40. The van der Waals surface area contributed by atoms with Gasteiger partial charge in [-0.1, -0.05) is 6.07 Å². The quantitative estimate of drug-likeness (QED) is 0.868. The SMILES string of the molecule is CNC(Cc1ccn(C)n1)c1ccc(C)nc1. The maximum Gasteiger partial charge on any atom is 0.0643 e. The highest BCUT2D eigenvalue weighted by molar-refractivity contribution is 5.19. The van der Waals surface area contributed by atoms with Crippen molar-refractivity contribution >= 4 is 0 Å². The number of nitrogens with zero attached hydrogens (tertiary/aromatic N) is 3. The summed E-state index contributed by atoms with van der Waals surface area (Å²) in [5.41, 5.74) is 3.33. The molecule has 1 atom stereocenters. The van der Waals surface area contributed by atoms with E-state index in [4.69, 9.17) is 0 Å². The van der Waals surface area contributed by atoms with E-state index in [-0.39, 0.29) is 6.04 Å². The maximum atomic E-state index is 4.40. The molecule has 90 valence electrons. The molecule has 0 aromatic carbocycles. The summed E-state index contributed by atoms with van der Waals surface area (Å²) < 4.78 is 1.83. The molecular formula is C13H18N4. The summed E-state index contributed by atoms with van der Waals surface area (Å²) in [5.74, 6) is 0. The van der Waals surface area contributed by atoms with Crippen molar-refractivity contribution in [3.05, 3.63) is 47.5 Å². The fourth-order valence-electron chi connectivity index (χ4n) is 1.85. The van der Waals surface area contributed by atoms with Crippen molar-refractivity contribution in [2.24, 2.45) is 7.05 Å². The Balaban J connectivity index is 2.13. The minimum Gasteiger partial charge on any atom is -0.313 e. The van der Waals surface area contributed by atoms with Crippen LogP contribution in [0.1, 0.15) is 23.0 Å². The van der Waals surface area contributed by atoms with Crippen LogP contribution < -0.4 is 5.32 Å². The van der Waals surface area contributed by atoms with Crippen LogP contribution in [0.3, 0.4) is 0 Å². The zero-order valence-electron chi connectivity index (χ0n) is 10.5. The molecule has 2 aromatic rings. The molecular weight excluding hydrogens is 212 g/mol. The van der Waals surface area contributed by atoms with Gasteiger partial charge < -0.3 is 5.32 Å². The fraction of sp³-hybridized carbons (Fsp3) is 0.385. The number of aryl methyl sites for hydroxylation is 2. The first kappa shape index (κ1) is 11.8. The molecule has 17 heavy (non-hydrogen) atoms. The summed E-state index contributed by atoms with van der Waals surface area (Å²) in [6.45, 7) is 2.00. The van der Waals surface area contributed by atoms with Gasteiger partial charge in [-0.25, -0.2) is 0 Å². The number of nitrogens with one attached hydrogen (secondary N) is 1. The molecule has 4 heteroatoms. The average molecular weight is 230 g/mol. The molecule has 0 aliphatic carbocycles. The third kappa shape index (κ3) is 2.91. The van der Waals surface area contributed by atoms with Crippen molar-refractivity contribution in [1.29, 1.82) is 0 Å². The second-order valence-electron chi connectivity index (χ2n) is 4.26. The van der Waals surface area contributed by atoms with Gasteiger partial charge in [-0.15, -0.1) is 0 Å². The second kappa shape index (κ2) is 5.10. The zero-order valence-corrected chi connectivity index (χ0v) is 10.5. The first-order valence-corrected chi connectivity index (χ1v) is 5.77. The molecule has 0 aliphatic rings. The van der Waals surface area contributed by atoms with Crippen molar-refractivity contribution in [2.75, 3.05) is 7.05 Å². The van der Waals surface area contributed by atoms with Crippen molar-refractivity contribution in [3.8, 4) is 0 Å². The Kier molecular flexibility index (Phi) is 3.54. The largest absolute Gasteiger partial charge is 0.313 e. The highest BCUT2D eigenvalue weighted by Gasteiger charge is 2.11. The van der Waals surface area contributed by atoms with Gasteiger partial charge in [-0.3, -0.25) is 9.67 Å². The summed E-state index contributed by atoms with van der Waals surface area (Å²) in [7, 11) is 3.90. The molecule has 0 saturated heterocycles. The van der Waals surface area contributed by atoms with E-state index in [1.807, 2.05) is 50.2 Å². The minimum absolute atomic E-state index is 0.262. The summed E-state index contributed by atoms with van der Waals surface area (Å²) in [6, 6.07) is 6.47. The van der Waals surface area contributed by atoms with E-state index >= 15 is 0 Å². The number of rotatable bonds is 4. The minimum atomic E-state index is 0.262. The number of aromatic nitrogens is 3. The van der Waals surface area contributed by atoms with Crippen LogP contribution in [0.15, 0.2) is 30.6 Å². The summed E-state index contributed by atoms with van der Waals surface area (Å²) in [4.78, 5) is 4.33. The fourth-order valence-corrected chi connectivity index (χ4v) is 1.85. The topological polar surface area (TPSA) is 42.7 Å². The molecule has 2 rings (SSSR count). The molecule has 0 radical (unpaired) electrons. The van der Waals surface area contributed by atoms with E-state index in [2.05, 4.69) is 21.5 Å². The van der Waals surface area contributed by atoms with Crippen molar-refractivity contribution in [2.45, 2.75) is 19.4 Å². The van der Waals surface area contributed by atoms with E-state index < -0.39 is 0 Å². The molecule has 0 amide bonds. The van der Waals surface area contributed by atoms with Gasteiger partial charge in [0.15, 0.2) is 0 Å². The Bertz CT molecular complexity index is 472. The predicted octanol–water partition coefficient (Wildman–Crippen LogP) is 1.63. The molecule has 0 bridgehead atoms. The Morgan fingerprint density at radius 1 is 1.35 bits per heavy atom. The van der Waals surface area contributed by atoms with Crippen LogP contribution in [-0.4, -0.2) is 21.8 Å². The first-order chi connectivity index (χ1) is 8.19. The standard InChI is InChI=1S/C13H18N4/c1-10-4-5-11(9-15-10)13(14-2)8-12-6-7-17(3)16-12/h4-7,9,13-14H,8H2,1-3H3. The zero-order chi connectivity index (χ0) is 12.3. The van der Waals surface area contributed by atoms with Crippen LogP contribution in [0, 0.1) is 6.92 Å². The Morgan fingerprint density at radius 2 is 2.18 bits per heavy atom. The van der Waals surface area contributed by atoms with Gasteiger partial charge in [-0.2, -0.15) is 5.10 Å². The van der Waals surface area contributed by atoms with Crippen LogP contribution in [0.5, 0.6) is 0 Å². The van der Waals surface area contributed by atoms with Crippen LogP contribution in [0.2, 0.25) is 0 Å². The average Bonchev–Trinajstić information content (AvgIpc) is 2.73. The predicted molar refractivity (Wildman–Crippen MR) is 67.7 cm³/mol. The van der Waals surface area contributed by atoms with Gasteiger partial charge >= 0.3 is 0 Å². The van der Waals surface area contributed by atoms with E-state index in [0.29, 0.717) is 0 Å². The third-order valence-electron chi connectivity index (χ3n) is 2.87. The monoisotopic (exact) mass is 230 g/mol. The van der Waals surface area contributed by atoms with Crippen LogP contribution >= 0.6 is 0 Å². The number of likely N-dealkylation sites (N-methyl/N-ethyl adjacent to an activating group) is 1.